The van der Waals surface area contributed by atoms with Gasteiger partial charge in [-0.1, -0.05) is 30.3 Å². The van der Waals surface area contributed by atoms with Crippen LogP contribution in [0.25, 0.3) is 6.08 Å². The van der Waals surface area contributed by atoms with Crippen molar-refractivity contribution < 1.29 is 19.2 Å². The van der Waals surface area contributed by atoms with Crippen molar-refractivity contribution in [2.75, 3.05) is 6.61 Å². The fourth-order valence-electron chi connectivity index (χ4n) is 2.64. The van der Waals surface area contributed by atoms with Gasteiger partial charge in [0.25, 0.3) is 16.8 Å². The highest BCUT2D eigenvalue weighted by Gasteiger charge is 2.36. The zero-order valence-corrected chi connectivity index (χ0v) is 15.3. The third kappa shape index (κ3) is 4.17. The molecule has 1 fully saturated rings. The molecule has 138 valence electrons. The molecule has 0 unspecified atom stereocenters. The van der Waals surface area contributed by atoms with Crippen molar-refractivity contribution in [1.29, 1.82) is 0 Å². The van der Waals surface area contributed by atoms with E-state index < -0.39 is 16.1 Å². The minimum Gasteiger partial charge on any atom is -0.494 e. The van der Waals surface area contributed by atoms with Crippen molar-refractivity contribution >= 4 is 34.7 Å². The average molecular weight is 384 g/mol. The number of hydrogen-bond acceptors (Lipinski definition) is 6. The lowest BCUT2D eigenvalue weighted by atomic mass is 10.1. The van der Waals surface area contributed by atoms with Gasteiger partial charge in [0.1, 0.15) is 5.75 Å². The van der Waals surface area contributed by atoms with E-state index in [1.165, 1.54) is 12.1 Å². The molecule has 1 aliphatic rings. The molecule has 2 amide bonds. The molecule has 0 atom stereocenters. The number of hydrogen-bond donors (Lipinski definition) is 0. The van der Waals surface area contributed by atoms with Crippen LogP contribution in [-0.2, 0) is 11.3 Å². The van der Waals surface area contributed by atoms with Crippen molar-refractivity contribution in [3.05, 3.63) is 74.7 Å². The Morgan fingerprint density at radius 2 is 1.96 bits per heavy atom. The van der Waals surface area contributed by atoms with Crippen LogP contribution in [0.15, 0.2) is 53.4 Å². The Labute approximate surface area is 159 Å². The normalized spacial score (nSPS) is 15.4. The highest BCUT2D eigenvalue weighted by atomic mass is 32.2. The molecule has 27 heavy (non-hydrogen) atoms. The van der Waals surface area contributed by atoms with Gasteiger partial charge in [-0.2, -0.15) is 0 Å². The van der Waals surface area contributed by atoms with Gasteiger partial charge in [0.15, 0.2) is 0 Å². The smallest absolute Gasteiger partial charge is 0.293 e. The van der Waals surface area contributed by atoms with E-state index in [0.717, 1.165) is 22.2 Å². The van der Waals surface area contributed by atoms with Gasteiger partial charge >= 0.3 is 0 Å². The van der Waals surface area contributed by atoms with Crippen LogP contribution in [0.3, 0.4) is 0 Å². The van der Waals surface area contributed by atoms with Crippen molar-refractivity contribution in [2.45, 2.75) is 13.5 Å². The summed E-state index contributed by atoms with van der Waals surface area (Å²) in [6, 6.07) is 13.3. The predicted octanol–water partition coefficient (Wildman–Crippen LogP) is 4.23. The summed E-state index contributed by atoms with van der Waals surface area (Å²) < 4.78 is 5.43. The molecule has 7 nitrogen and oxygen atoms in total. The van der Waals surface area contributed by atoms with Gasteiger partial charge < -0.3 is 4.74 Å². The van der Waals surface area contributed by atoms with Crippen LogP contribution in [0.1, 0.15) is 18.1 Å². The molecule has 3 rings (SSSR count). The number of nitrogens with zero attached hydrogens (tertiary/aromatic N) is 2. The first-order valence-corrected chi connectivity index (χ1v) is 9.01. The fourth-order valence-corrected chi connectivity index (χ4v) is 3.48. The summed E-state index contributed by atoms with van der Waals surface area (Å²) in [7, 11) is 0. The highest BCUT2D eigenvalue weighted by Crippen LogP contribution is 2.34. The Morgan fingerprint density at radius 1 is 1.19 bits per heavy atom. The number of nitro benzene ring substituents is 1. The second-order valence-electron chi connectivity index (χ2n) is 5.66. The van der Waals surface area contributed by atoms with Crippen LogP contribution in [0.4, 0.5) is 10.5 Å². The number of carbonyl (C=O) groups is 2. The second kappa shape index (κ2) is 8.05. The number of nitro groups is 1. The van der Waals surface area contributed by atoms with E-state index in [1.54, 1.807) is 42.5 Å². The molecular formula is C19H16N2O5S. The minimum atomic E-state index is -0.524. The number of imide groups is 1. The lowest BCUT2D eigenvalue weighted by Gasteiger charge is -2.12. The number of benzene rings is 2. The number of ether oxygens (including phenoxy) is 1. The molecule has 0 N–H and O–H groups in total. The van der Waals surface area contributed by atoms with E-state index in [4.69, 9.17) is 4.74 Å². The zero-order valence-electron chi connectivity index (χ0n) is 14.5. The molecule has 0 radical (unpaired) electrons. The van der Waals surface area contributed by atoms with Gasteiger partial charge in [-0.25, -0.2) is 0 Å². The maximum Gasteiger partial charge on any atom is 0.293 e. The first-order valence-electron chi connectivity index (χ1n) is 8.20. The summed E-state index contributed by atoms with van der Waals surface area (Å²) >= 11 is 0.817. The van der Waals surface area contributed by atoms with Gasteiger partial charge in [-0.15, -0.1) is 0 Å². The van der Waals surface area contributed by atoms with E-state index >= 15 is 0 Å². The zero-order chi connectivity index (χ0) is 19.4. The maximum atomic E-state index is 12.6. The largest absolute Gasteiger partial charge is 0.494 e. The van der Waals surface area contributed by atoms with Crippen LogP contribution in [0, 0.1) is 10.1 Å². The third-order valence-corrected chi connectivity index (χ3v) is 4.76. The summed E-state index contributed by atoms with van der Waals surface area (Å²) in [5.41, 5.74) is 0.923. The molecule has 0 spiro atoms. The summed E-state index contributed by atoms with van der Waals surface area (Å²) in [6.07, 6.45) is 1.62. The monoisotopic (exact) mass is 384 g/mol. The molecule has 0 aromatic heterocycles. The lowest BCUT2D eigenvalue weighted by Crippen LogP contribution is -2.27. The highest BCUT2D eigenvalue weighted by molar-refractivity contribution is 8.18. The van der Waals surface area contributed by atoms with Crippen molar-refractivity contribution in [2.24, 2.45) is 0 Å². The molecule has 0 bridgehead atoms. The van der Waals surface area contributed by atoms with Gasteiger partial charge in [0, 0.05) is 11.6 Å². The van der Waals surface area contributed by atoms with Crippen LogP contribution in [-0.4, -0.2) is 27.6 Å². The van der Waals surface area contributed by atoms with E-state index in [0.29, 0.717) is 17.9 Å². The summed E-state index contributed by atoms with van der Waals surface area (Å²) in [5.74, 6) is 0.204. The molecular weight excluding hydrogens is 368 g/mol. The third-order valence-electron chi connectivity index (χ3n) is 3.86. The molecule has 1 saturated heterocycles. The van der Waals surface area contributed by atoms with Gasteiger partial charge in [-0.05, 0) is 42.5 Å². The quantitative estimate of drug-likeness (QED) is 0.421. The van der Waals surface area contributed by atoms with Gasteiger partial charge in [0.2, 0.25) is 0 Å². The molecule has 8 heteroatoms. The minimum absolute atomic E-state index is 0.120. The molecule has 2 aromatic carbocycles. The maximum absolute atomic E-state index is 12.6. The summed E-state index contributed by atoms with van der Waals surface area (Å²) in [6.45, 7) is 2.26. The number of carbonyl (C=O) groups excluding carboxylic acids is 2. The molecule has 1 heterocycles. The topological polar surface area (TPSA) is 89.8 Å². The van der Waals surface area contributed by atoms with Crippen LogP contribution in [0.2, 0.25) is 0 Å². The summed E-state index contributed by atoms with van der Waals surface area (Å²) in [4.78, 5) is 36.8. The summed E-state index contributed by atoms with van der Waals surface area (Å²) in [5, 5.41) is 10.7. The van der Waals surface area contributed by atoms with Crippen LogP contribution in [0.5, 0.6) is 5.75 Å². The van der Waals surface area contributed by atoms with Crippen LogP contribution < -0.4 is 4.74 Å². The number of para-hydroxylation sites is 1. The Kier molecular flexibility index (Phi) is 5.56. The van der Waals surface area contributed by atoms with Gasteiger partial charge in [0.05, 0.1) is 23.0 Å². The van der Waals surface area contributed by atoms with E-state index in [1.807, 2.05) is 6.92 Å². The molecule has 0 saturated carbocycles. The van der Waals surface area contributed by atoms with Crippen molar-refractivity contribution in [3.8, 4) is 5.75 Å². The second-order valence-corrected chi connectivity index (χ2v) is 6.65. The first kappa shape index (κ1) is 18.7. The van der Waals surface area contributed by atoms with Crippen molar-refractivity contribution in [3.63, 3.8) is 0 Å². The number of rotatable bonds is 6. The fraction of sp³-hybridized carbons (Fsp3) is 0.158. The Bertz CT molecular complexity index is 941. The molecule has 2 aromatic rings. The number of amides is 2. The number of thioether (sulfide) groups is 1. The van der Waals surface area contributed by atoms with E-state index in [2.05, 4.69) is 0 Å². The predicted molar refractivity (Wildman–Crippen MR) is 102 cm³/mol. The molecule has 0 aliphatic carbocycles. The Balaban J connectivity index is 1.83. The lowest BCUT2D eigenvalue weighted by molar-refractivity contribution is -0.385. The van der Waals surface area contributed by atoms with Crippen LogP contribution >= 0.6 is 11.8 Å². The first-order chi connectivity index (χ1) is 13.0. The molecule has 1 aliphatic heterocycles. The Morgan fingerprint density at radius 3 is 2.70 bits per heavy atom. The van der Waals surface area contributed by atoms with Crippen molar-refractivity contribution in [1.82, 2.24) is 4.90 Å². The van der Waals surface area contributed by atoms with E-state index in [9.17, 15) is 19.7 Å². The SMILES string of the molecule is CCOc1cccc(/C=C2\SC(=O)N(Cc3ccccc3[N+](=O)[O-])C2=O)c1. The average Bonchev–Trinajstić information content (AvgIpc) is 2.90. The standard InChI is InChI=1S/C19H16N2O5S/c1-2-26-15-8-5-6-13(10-15)11-17-18(22)20(19(23)27-17)12-14-7-3-4-9-16(14)21(24)25/h3-11H,2,12H2,1H3/b17-11-. The van der Waals surface area contributed by atoms with E-state index in [-0.39, 0.29) is 17.1 Å². The van der Waals surface area contributed by atoms with Gasteiger partial charge in [-0.3, -0.25) is 24.6 Å². The Hall–Kier alpha value is -3.13.